The zero-order chi connectivity index (χ0) is 9.72. The van der Waals surface area contributed by atoms with E-state index in [2.05, 4.69) is 4.74 Å². The Morgan fingerprint density at radius 3 is 2.25 bits per heavy atom. The normalized spacial score (nSPS) is 15.0. The molecule has 0 heterocycles. The van der Waals surface area contributed by atoms with Crippen molar-refractivity contribution in [2.45, 2.75) is 19.0 Å². The van der Waals surface area contributed by atoms with Crippen LogP contribution in [0.1, 0.15) is 6.92 Å². The van der Waals surface area contributed by atoms with E-state index in [4.69, 9.17) is 11.5 Å². The maximum atomic E-state index is 11.7. The predicted molar refractivity (Wildman–Crippen MR) is 38.7 cm³/mol. The Hall–Kier alpha value is -1.01. The smallest absolute Gasteiger partial charge is 0.333 e. The minimum Gasteiger partial charge on any atom is -0.391 e. The van der Waals surface area contributed by atoms with Gasteiger partial charge in [0, 0.05) is 0 Å². The third kappa shape index (κ3) is 3.40. The minimum absolute atomic E-state index is 0.913. The molecule has 0 aromatic carbocycles. The second-order valence-electron chi connectivity index (χ2n) is 2.29. The number of ether oxygens (including phenoxy) is 1. The molecule has 0 radical (unpaired) electrons. The Bertz CT molecular complexity index is 184. The molecule has 0 spiro atoms. The summed E-state index contributed by atoms with van der Waals surface area (Å²) < 4.78 is 15.8. The molecule has 0 aliphatic rings. The summed E-state index contributed by atoms with van der Waals surface area (Å²) in [5.74, 6) is -2.01. The van der Waals surface area contributed by atoms with Crippen molar-refractivity contribution < 1.29 is 18.7 Å². The Morgan fingerprint density at radius 1 is 1.42 bits per heavy atom. The van der Waals surface area contributed by atoms with Gasteiger partial charge in [0.1, 0.15) is 18.8 Å². The summed E-state index contributed by atoms with van der Waals surface area (Å²) in [5.41, 5.74) is 9.99. The van der Waals surface area contributed by atoms with Gasteiger partial charge in [0.15, 0.2) is 0 Å². The highest BCUT2D eigenvalue weighted by atomic mass is 19.1. The van der Waals surface area contributed by atoms with Crippen LogP contribution in [0.15, 0.2) is 0 Å². The van der Waals surface area contributed by atoms with Crippen LogP contribution in [0.2, 0.25) is 0 Å². The SMILES string of the molecule is C[C@H](N)C(=O)OC(=O)[C@H](N)CF. The van der Waals surface area contributed by atoms with Crippen LogP contribution in [-0.4, -0.2) is 30.7 Å². The van der Waals surface area contributed by atoms with Crippen molar-refractivity contribution in [2.75, 3.05) is 6.67 Å². The average molecular weight is 178 g/mol. The Kier molecular flexibility index (Phi) is 4.38. The van der Waals surface area contributed by atoms with Crippen LogP contribution >= 0.6 is 0 Å². The molecule has 0 aromatic heterocycles. The van der Waals surface area contributed by atoms with E-state index < -0.39 is 30.7 Å². The van der Waals surface area contributed by atoms with E-state index in [1.165, 1.54) is 6.92 Å². The summed E-state index contributed by atoms with van der Waals surface area (Å²) in [6.45, 7) is 0.279. The first-order valence-corrected chi connectivity index (χ1v) is 3.31. The van der Waals surface area contributed by atoms with Crippen molar-refractivity contribution in [1.82, 2.24) is 0 Å². The molecule has 2 atom stereocenters. The van der Waals surface area contributed by atoms with Crippen LogP contribution in [-0.2, 0) is 14.3 Å². The lowest BCUT2D eigenvalue weighted by Crippen LogP contribution is -2.39. The van der Waals surface area contributed by atoms with Crippen molar-refractivity contribution in [3.05, 3.63) is 0 Å². The number of alkyl halides is 1. The van der Waals surface area contributed by atoms with E-state index in [-0.39, 0.29) is 0 Å². The molecule has 0 amide bonds. The fourth-order valence-electron chi connectivity index (χ4n) is 0.331. The van der Waals surface area contributed by atoms with Crippen molar-refractivity contribution >= 4 is 11.9 Å². The van der Waals surface area contributed by atoms with Gasteiger partial charge in [0.25, 0.3) is 0 Å². The molecule has 0 rings (SSSR count). The van der Waals surface area contributed by atoms with Gasteiger partial charge < -0.3 is 16.2 Å². The van der Waals surface area contributed by atoms with Crippen LogP contribution < -0.4 is 11.5 Å². The van der Waals surface area contributed by atoms with Crippen LogP contribution in [0.25, 0.3) is 0 Å². The number of hydrogen-bond donors (Lipinski definition) is 2. The van der Waals surface area contributed by atoms with Gasteiger partial charge in [-0.15, -0.1) is 0 Å². The van der Waals surface area contributed by atoms with Gasteiger partial charge in [-0.05, 0) is 6.92 Å². The molecule has 0 aromatic rings. The molecule has 12 heavy (non-hydrogen) atoms. The van der Waals surface area contributed by atoms with E-state index in [0.717, 1.165) is 0 Å². The summed E-state index contributed by atoms with van der Waals surface area (Å²) in [4.78, 5) is 21.3. The molecule has 0 unspecified atom stereocenters. The Morgan fingerprint density at radius 2 is 1.92 bits per heavy atom. The topological polar surface area (TPSA) is 95.4 Å². The highest BCUT2D eigenvalue weighted by molar-refractivity contribution is 5.90. The third-order valence-electron chi connectivity index (χ3n) is 1.04. The summed E-state index contributed by atoms with van der Waals surface area (Å²) in [6, 6.07) is -2.33. The molecule has 6 heteroatoms. The lowest BCUT2D eigenvalue weighted by molar-refractivity contribution is -0.161. The van der Waals surface area contributed by atoms with E-state index in [1.54, 1.807) is 0 Å². The molecule has 0 aliphatic carbocycles. The second-order valence-corrected chi connectivity index (χ2v) is 2.29. The number of carbonyl (C=O) groups is 2. The molecule has 0 fully saturated rings. The predicted octanol–water partition coefficient (Wildman–Crippen LogP) is -1.30. The molecule has 70 valence electrons. The van der Waals surface area contributed by atoms with Crippen LogP contribution in [0.3, 0.4) is 0 Å². The third-order valence-corrected chi connectivity index (χ3v) is 1.04. The molecular formula is C6H11FN2O3. The molecule has 0 saturated heterocycles. The van der Waals surface area contributed by atoms with Gasteiger partial charge in [0.05, 0.1) is 0 Å². The van der Waals surface area contributed by atoms with Gasteiger partial charge in [-0.1, -0.05) is 0 Å². The Labute approximate surface area is 68.8 Å². The van der Waals surface area contributed by atoms with Gasteiger partial charge in [-0.2, -0.15) is 0 Å². The van der Waals surface area contributed by atoms with Gasteiger partial charge in [-0.3, -0.25) is 0 Å². The molecular weight excluding hydrogens is 167 g/mol. The van der Waals surface area contributed by atoms with Gasteiger partial charge >= 0.3 is 11.9 Å². The second kappa shape index (κ2) is 4.78. The number of halogens is 1. The molecule has 0 bridgehead atoms. The number of esters is 2. The van der Waals surface area contributed by atoms with E-state index in [1.807, 2.05) is 0 Å². The standard InChI is InChI=1S/C6H11FN2O3/c1-3(8)5(10)12-6(11)4(9)2-7/h3-4H,2,8-9H2,1H3/t3-,4+/m0/s1. The zero-order valence-corrected chi connectivity index (χ0v) is 6.62. The molecule has 0 aliphatic heterocycles. The number of carbonyl (C=O) groups excluding carboxylic acids is 2. The largest absolute Gasteiger partial charge is 0.391 e. The lowest BCUT2D eigenvalue weighted by atomic mass is 10.3. The monoisotopic (exact) mass is 178 g/mol. The highest BCUT2D eigenvalue weighted by Crippen LogP contribution is 1.90. The van der Waals surface area contributed by atoms with Gasteiger partial charge in [-0.25, -0.2) is 14.0 Å². The average Bonchev–Trinajstić information content (AvgIpc) is 2.02. The van der Waals surface area contributed by atoms with Crippen molar-refractivity contribution in [2.24, 2.45) is 11.5 Å². The molecule has 4 N–H and O–H groups in total. The van der Waals surface area contributed by atoms with E-state index >= 15 is 0 Å². The quantitative estimate of drug-likeness (QED) is 0.413. The summed E-state index contributed by atoms with van der Waals surface area (Å²) in [7, 11) is 0. The summed E-state index contributed by atoms with van der Waals surface area (Å²) in [5, 5.41) is 0. The van der Waals surface area contributed by atoms with Crippen molar-refractivity contribution in [3.8, 4) is 0 Å². The zero-order valence-electron chi connectivity index (χ0n) is 6.62. The first-order chi connectivity index (χ1) is 5.49. The fourth-order valence-corrected chi connectivity index (χ4v) is 0.331. The maximum Gasteiger partial charge on any atom is 0.333 e. The van der Waals surface area contributed by atoms with Crippen LogP contribution in [0, 0.1) is 0 Å². The minimum atomic E-state index is -1.41. The fraction of sp³-hybridized carbons (Fsp3) is 0.667. The highest BCUT2D eigenvalue weighted by Gasteiger charge is 2.20. The van der Waals surface area contributed by atoms with Crippen LogP contribution in [0.4, 0.5) is 4.39 Å². The summed E-state index contributed by atoms with van der Waals surface area (Å²) >= 11 is 0. The number of nitrogens with two attached hydrogens (primary N) is 2. The van der Waals surface area contributed by atoms with Crippen LogP contribution in [0.5, 0.6) is 0 Å². The van der Waals surface area contributed by atoms with Gasteiger partial charge in [0.2, 0.25) is 0 Å². The number of hydrogen-bond acceptors (Lipinski definition) is 5. The van der Waals surface area contributed by atoms with Crippen molar-refractivity contribution in [1.29, 1.82) is 0 Å². The first-order valence-electron chi connectivity index (χ1n) is 3.31. The first kappa shape index (κ1) is 11.0. The summed E-state index contributed by atoms with van der Waals surface area (Å²) in [6.07, 6.45) is 0. The Balaban J connectivity index is 3.93. The maximum absolute atomic E-state index is 11.7. The molecule has 0 saturated carbocycles. The lowest BCUT2D eigenvalue weighted by Gasteiger charge is -2.07. The van der Waals surface area contributed by atoms with E-state index in [9.17, 15) is 14.0 Å². The molecule has 5 nitrogen and oxygen atoms in total. The van der Waals surface area contributed by atoms with E-state index in [0.29, 0.717) is 0 Å². The van der Waals surface area contributed by atoms with Crippen molar-refractivity contribution in [3.63, 3.8) is 0 Å². The number of rotatable bonds is 3.